The van der Waals surface area contributed by atoms with E-state index in [0.29, 0.717) is 24.7 Å². The first-order chi connectivity index (χ1) is 15.8. The molecule has 34 heavy (non-hydrogen) atoms. The quantitative estimate of drug-likeness (QED) is 0.264. The molecule has 1 aliphatic rings. The average molecular weight is 493 g/mol. The normalized spacial score (nSPS) is 24.3. The number of phenols is 2. The summed E-state index contributed by atoms with van der Waals surface area (Å²) in [6.07, 6.45) is 3.62. The molecule has 0 spiro atoms. The maximum Gasteiger partial charge on any atom is 0.308 e. The summed E-state index contributed by atoms with van der Waals surface area (Å²) in [5.74, 6) is -0.922. The summed E-state index contributed by atoms with van der Waals surface area (Å²) >= 11 is 6.17. The predicted octanol–water partition coefficient (Wildman–Crippen LogP) is 5.96. The summed E-state index contributed by atoms with van der Waals surface area (Å²) < 4.78 is 5.88. The van der Waals surface area contributed by atoms with Gasteiger partial charge in [0.25, 0.3) is 0 Å². The van der Waals surface area contributed by atoms with Gasteiger partial charge < -0.3 is 14.9 Å². The van der Waals surface area contributed by atoms with Gasteiger partial charge in [-0.3, -0.25) is 14.4 Å². The Labute approximate surface area is 207 Å². The minimum atomic E-state index is -0.577. The van der Waals surface area contributed by atoms with Crippen molar-refractivity contribution in [3.8, 4) is 11.5 Å². The van der Waals surface area contributed by atoms with Crippen LogP contribution < -0.4 is 0 Å². The minimum Gasteiger partial charge on any atom is -0.507 e. The van der Waals surface area contributed by atoms with Gasteiger partial charge >= 0.3 is 5.97 Å². The van der Waals surface area contributed by atoms with Gasteiger partial charge in [0, 0.05) is 17.9 Å². The summed E-state index contributed by atoms with van der Waals surface area (Å²) in [6, 6.07) is 0. The highest BCUT2D eigenvalue weighted by Crippen LogP contribution is 2.48. The Hall–Kier alpha value is -2.34. The molecule has 0 bridgehead atoms. The van der Waals surface area contributed by atoms with E-state index >= 15 is 0 Å². The van der Waals surface area contributed by atoms with Crippen LogP contribution in [0.2, 0.25) is 5.02 Å². The monoisotopic (exact) mass is 492 g/mol. The van der Waals surface area contributed by atoms with Crippen LogP contribution in [0.1, 0.15) is 82.3 Å². The molecule has 0 saturated heterocycles. The topological polar surface area (TPSA) is 101 Å². The minimum absolute atomic E-state index is 0.0135. The fourth-order valence-corrected chi connectivity index (χ4v) is 4.88. The summed E-state index contributed by atoms with van der Waals surface area (Å²) in [4.78, 5) is 36.5. The van der Waals surface area contributed by atoms with Gasteiger partial charge in [-0.15, -0.1) is 0 Å². The van der Waals surface area contributed by atoms with Crippen molar-refractivity contribution in [2.75, 3.05) is 0 Å². The summed E-state index contributed by atoms with van der Waals surface area (Å²) in [5.41, 5.74) is 0.844. The lowest BCUT2D eigenvalue weighted by Crippen LogP contribution is -2.44. The third-order valence-corrected chi connectivity index (χ3v) is 8.26. The molecule has 188 valence electrons. The van der Waals surface area contributed by atoms with Crippen LogP contribution in [0.15, 0.2) is 11.6 Å². The van der Waals surface area contributed by atoms with Crippen molar-refractivity contribution in [2.24, 2.45) is 23.2 Å². The van der Waals surface area contributed by atoms with Gasteiger partial charge in [0.2, 0.25) is 0 Å². The summed E-state index contributed by atoms with van der Waals surface area (Å²) in [5, 5.41) is 21.0. The number of carbonyl (C=O) groups is 3. The first-order valence-electron chi connectivity index (χ1n) is 11.8. The number of aromatic hydroxyl groups is 2. The number of allylic oxidation sites excluding steroid dienone is 1. The Balaban J connectivity index is 2.44. The molecule has 2 rings (SSSR count). The highest BCUT2D eigenvalue weighted by Gasteiger charge is 2.45. The van der Waals surface area contributed by atoms with Crippen molar-refractivity contribution in [2.45, 2.75) is 80.3 Å². The van der Waals surface area contributed by atoms with Crippen molar-refractivity contribution >= 4 is 29.6 Å². The number of hydrogen-bond donors (Lipinski definition) is 2. The van der Waals surface area contributed by atoms with Gasteiger partial charge in [-0.05, 0) is 55.6 Å². The second-order valence-electron chi connectivity index (χ2n) is 10.2. The molecular weight excluding hydrogens is 456 g/mol. The van der Waals surface area contributed by atoms with Crippen molar-refractivity contribution in [1.29, 1.82) is 0 Å². The molecule has 0 radical (unpaired) electrons. The summed E-state index contributed by atoms with van der Waals surface area (Å²) in [6.45, 7) is 13.1. The second kappa shape index (κ2) is 10.9. The average Bonchev–Trinajstić information content (AvgIpc) is 2.78. The van der Waals surface area contributed by atoms with Crippen LogP contribution in [-0.4, -0.2) is 34.4 Å². The summed E-state index contributed by atoms with van der Waals surface area (Å²) in [7, 11) is 0. The third kappa shape index (κ3) is 5.48. The van der Waals surface area contributed by atoms with Crippen LogP contribution >= 0.6 is 11.6 Å². The number of Topliss-reactive ketones (excluding diaryl/α,β-unsaturated/α-hetero) is 1. The van der Waals surface area contributed by atoms with E-state index in [-0.39, 0.29) is 69.0 Å². The molecule has 4 unspecified atom stereocenters. The number of phenolic OH excluding ortho intramolecular Hbond substituents is 2. The van der Waals surface area contributed by atoms with Gasteiger partial charge in [-0.2, -0.15) is 0 Å². The second-order valence-corrected chi connectivity index (χ2v) is 10.6. The zero-order chi connectivity index (χ0) is 26.0. The Morgan fingerprint density at radius 2 is 1.88 bits per heavy atom. The van der Waals surface area contributed by atoms with E-state index in [1.54, 1.807) is 26.8 Å². The highest BCUT2D eigenvalue weighted by atomic mass is 35.5. The largest absolute Gasteiger partial charge is 0.507 e. The standard InChI is InChI=1S/C27H37ClO6/c1-14(2)26(33)34-22(12-27(7)16(4)9-11-21(30)18(27)6)15(3)8-10-19-24(31)20(13-29)17(5)23(28)25(19)32/h8,13-14,16,18,22,31-32H,9-12H2,1-7H3. The molecular formula is C27H37ClO6. The maximum absolute atomic E-state index is 12.5. The Bertz CT molecular complexity index is 996. The van der Waals surface area contributed by atoms with Gasteiger partial charge in [0.1, 0.15) is 23.4 Å². The lowest BCUT2D eigenvalue weighted by atomic mass is 9.59. The first kappa shape index (κ1) is 27.9. The molecule has 6 nitrogen and oxygen atoms in total. The van der Waals surface area contributed by atoms with Crippen molar-refractivity contribution in [3.63, 3.8) is 0 Å². The van der Waals surface area contributed by atoms with E-state index in [2.05, 4.69) is 13.8 Å². The van der Waals surface area contributed by atoms with Gasteiger partial charge in [-0.25, -0.2) is 0 Å². The number of halogens is 1. The number of carbonyl (C=O) groups excluding carboxylic acids is 3. The van der Waals surface area contributed by atoms with E-state index in [4.69, 9.17) is 16.3 Å². The van der Waals surface area contributed by atoms with Gasteiger partial charge in [0.05, 0.1) is 16.5 Å². The smallest absolute Gasteiger partial charge is 0.308 e. The zero-order valence-corrected chi connectivity index (χ0v) is 22.0. The van der Waals surface area contributed by atoms with E-state index in [0.717, 1.165) is 12.0 Å². The number of aldehydes is 1. The molecule has 1 aliphatic carbocycles. The van der Waals surface area contributed by atoms with Gasteiger partial charge in [0.15, 0.2) is 6.29 Å². The molecule has 0 aromatic heterocycles. The van der Waals surface area contributed by atoms with Crippen LogP contribution in [0.5, 0.6) is 11.5 Å². The number of rotatable bonds is 8. The predicted molar refractivity (Wildman–Crippen MR) is 132 cm³/mol. The highest BCUT2D eigenvalue weighted by molar-refractivity contribution is 6.33. The third-order valence-electron chi connectivity index (χ3n) is 7.80. The Morgan fingerprint density at radius 1 is 1.26 bits per heavy atom. The SMILES string of the molecule is CC(=CCc1c(O)c(Cl)c(C)c(C=O)c1O)C(CC1(C)C(C)CCC(=O)C1C)OC(=O)C(C)C. The Morgan fingerprint density at radius 3 is 2.44 bits per heavy atom. The van der Waals surface area contributed by atoms with Crippen LogP contribution in [0.25, 0.3) is 0 Å². The fraction of sp³-hybridized carbons (Fsp3) is 0.593. The van der Waals surface area contributed by atoms with Crippen LogP contribution in [0.3, 0.4) is 0 Å². The lowest BCUT2D eigenvalue weighted by molar-refractivity contribution is -0.154. The molecule has 7 heteroatoms. The number of benzene rings is 1. The van der Waals surface area contributed by atoms with Crippen molar-refractivity contribution in [1.82, 2.24) is 0 Å². The molecule has 4 atom stereocenters. The van der Waals surface area contributed by atoms with E-state index in [1.807, 2.05) is 13.8 Å². The zero-order valence-electron chi connectivity index (χ0n) is 21.2. The molecule has 1 saturated carbocycles. The molecule has 0 amide bonds. The molecule has 1 aromatic carbocycles. The molecule has 0 aliphatic heterocycles. The van der Waals surface area contributed by atoms with Gasteiger partial charge in [-0.1, -0.05) is 52.3 Å². The Kier molecular flexibility index (Phi) is 8.98. The molecule has 2 N–H and O–H groups in total. The van der Waals surface area contributed by atoms with Crippen LogP contribution in [-0.2, 0) is 20.7 Å². The van der Waals surface area contributed by atoms with E-state index < -0.39 is 6.10 Å². The molecule has 0 heterocycles. The number of ketones is 1. The van der Waals surface area contributed by atoms with E-state index in [1.165, 1.54) is 0 Å². The van der Waals surface area contributed by atoms with Crippen LogP contribution in [0.4, 0.5) is 0 Å². The maximum atomic E-state index is 12.5. The molecule has 1 fully saturated rings. The number of ether oxygens (including phenoxy) is 1. The van der Waals surface area contributed by atoms with Crippen LogP contribution in [0, 0.1) is 30.1 Å². The first-order valence-corrected chi connectivity index (χ1v) is 12.2. The molecule has 1 aromatic rings. The van der Waals surface area contributed by atoms with E-state index in [9.17, 15) is 24.6 Å². The fourth-order valence-electron chi connectivity index (χ4n) is 4.66. The van der Waals surface area contributed by atoms with Crippen molar-refractivity contribution in [3.05, 3.63) is 33.4 Å². The number of hydrogen-bond acceptors (Lipinski definition) is 6. The lowest BCUT2D eigenvalue weighted by Gasteiger charge is -2.45. The van der Waals surface area contributed by atoms with Crippen molar-refractivity contribution < 1.29 is 29.3 Å². The number of esters is 1.